The Hall–Kier alpha value is -1.24. The van der Waals surface area contributed by atoms with Crippen molar-refractivity contribution in [2.75, 3.05) is 17.3 Å². The van der Waals surface area contributed by atoms with E-state index in [0.29, 0.717) is 18.6 Å². The molecule has 1 aromatic rings. The zero-order chi connectivity index (χ0) is 18.8. The van der Waals surface area contributed by atoms with Crippen LogP contribution >= 0.6 is 23.5 Å². The first-order valence-corrected chi connectivity index (χ1v) is 11.1. The highest BCUT2D eigenvalue weighted by molar-refractivity contribution is 8.01. The van der Waals surface area contributed by atoms with E-state index >= 15 is 0 Å². The van der Waals surface area contributed by atoms with Crippen LogP contribution in [-0.4, -0.2) is 50.6 Å². The Morgan fingerprint density at radius 3 is 2.77 bits per heavy atom. The Morgan fingerprint density at radius 2 is 2.04 bits per heavy atom. The number of aliphatic hydroxyl groups excluding tert-OH is 1. The number of aliphatic carboxylic acids is 1. The molecule has 1 aliphatic rings. The fourth-order valence-electron chi connectivity index (χ4n) is 2.98. The van der Waals surface area contributed by atoms with Crippen LogP contribution in [0.15, 0.2) is 42.5 Å². The highest BCUT2D eigenvalue weighted by Crippen LogP contribution is 2.34. The number of rotatable bonds is 11. The number of thioether (sulfide) groups is 2. The summed E-state index contributed by atoms with van der Waals surface area (Å²) in [7, 11) is 0. The molecule has 0 heterocycles. The first kappa shape index (κ1) is 21.1. The molecule has 2 N–H and O–H groups in total. The number of hydrogen-bond donors (Lipinski definition) is 2. The van der Waals surface area contributed by atoms with Crippen LogP contribution in [0.25, 0.3) is 0 Å². The van der Waals surface area contributed by atoms with E-state index in [0.717, 1.165) is 29.9 Å². The molecule has 0 aliphatic heterocycles. The second kappa shape index (κ2) is 11.5. The molecule has 2 rings (SSSR count). The van der Waals surface area contributed by atoms with Crippen LogP contribution < -0.4 is 0 Å². The highest BCUT2D eigenvalue weighted by Gasteiger charge is 2.33. The van der Waals surface area contributed by atoms with Crippen molar-refractivity contribution >= 4 is 35.3 Å². The van der Waals surface area contributed by atoms with Gasteiger partial charge in [-0.2, -0.15) is 11.8 Å². The molecule has 6 heteroatoms. The largest absolute Gasteiger partial charge is 0.481 e. The van der Waals surface area contributed by atoms with Crippen LogP contribution in [0.1, 0.15) is 24.8 Å². The third-order valence-corrected chi connectivity index (χ3v) is 6.78. The molecule has 0 saturated heterocycles. The third-order valence-electron chi connectivity index (χ3n) is 4.25. The van der Waals surface area contributed by atoms with Gasteiger partial charge in [0.05, 0.1) is 17.1 Å². The number of carboxylic acids is 1. The van der Waals surface area contributed by atoms with Crippen molar-refractivity contribution in [2.45, 2.75) is 37.0 Å². The maximum Gasteiger partial charge on any atom is 0.313 e. The van der Waals surface area contributed by atoms with Gasteiger partial charge in [-0.05, 0) is 35.8 Å². The minimum atomic E-state index is -0.784. The van der Waals surface area contributed by atoms with E-state index in [9.17, 15) is 14.7 Å². The molecule has 26 heavy (non-hydrogen) atoms. The van der Waals surface area contributed by atoms with Gasteiger partial charge < -0.3 is 10.2 Å². The van der Waals surface area contributed by atoms with Crippen LogP contribution in [0.2, 0.25) is 0 Å². The average molecular weight is 395 g/mol. The normalized spacial score (nSPS) is 21.3. The lowest BCUT2D eigenvalue weighted by Gasteiger charge is -2.15. The van der Waals surface area contributed by atoms with Gasteiger partial charge in [-0.15, -0.1) is 11.8 Å². The molecule has 3 atom stereocenters. The number of carbonyl (C=O) groups excluding carboxylic acids is 1. The molecule has 0 bridgehead atoms. The molecule has 4 nitrogen and oxygen atoms in total. The number of allylic oxidation sites excluding steroid dienone is 1. The van der Waals surface area contributed by atoms with Crippen molar-refractivity contribution in [1.29, 1.82) is 0 Å². The van der Waals surface area contributed by atoms with Gasteiger partial charge in [-0.25, -0.2) is 0 Å². The van der Waals surface area contributed by atoms with Gasteiger partial charge in [0, 0.05) is 12.8 Å². The lowest BCUT2D eigenvalue weighted by atomic mass is 10.0. The number of Topliss-reactive ketones (excluding diaryl/α,β-unsaturated/α-hetero) is 1. The first-order valence-electron chi connectivity index (χ1n) is 8.90. The van der Waals surface area contributed by atoms with E-state index in [2.05, 4.69) is 0 Å². The number of hydrogen-bond acceptors (Lipinski definition) is 5. The van der Waals surface area contributed by atoms with Crippen molar-refractivity contribution < 1.29 is 19.8 Å². The highest BCUT2D eigenvalue weighted by atomic mass is 32.2. The van der Waals surface area contributed by atoms with Crippen LogP contribution in [-0.2, 0) is 16.0 Å². The van der Waals surface area contributed by atoms with Gasteiger partial charge in [-0.3, -0.25) is 9.59 Å². The van der Waals surface area contributed by atoms with Crippen LogP contribution in [0.5, 0.6) is 0 Å². The van der Waals surface area contributed by atoms with Crippen LogP contribution in [0.3, 0.4) is 0 Å². The van der Waals surface area contributed by atoms with Gasteiger partial charge in [0.25, 0.3) is 0 Å². The van der Waals surface area contributed by atoms with Gasteiger partial charge in [0.15, 0.2) is 0 Å². The summed E-state index contributed by atoms with van der Waals surface area (Å²) in [5.74, 6) is 1.49. The molecule has 0 amide bonds. The Morgan fingerprint density at radius 1 is 1.27 bits per heavy atom. The molecule has 1 aromatic carbocycles. The Labute approximate surface area is 163 Å². The first-order chi connectivity index (χ1) is 12.6. The second-order valence-electron chi connectivity index (χ2n) is 6.40. The maximum absolute atomic E-state index is 12.1. The van der Waals surface area contributed by atoms with Gasteiger partial charge in [0.1, 0.15) is 5.78 Å². The predicted octanol–water partition coefficient (Wildman–Crippen LogP) is 3.44. The van der Waals surface area contributed by atoms with Gasteiger partial charge >= 0.3 is 5.97 Å². The molecule has 0 spiro atoms. The van der Waals surface area contributed by atoms with Crippen LogP contribution in [0.4, 0.5) is 0 Å². The Bertz CT molecular complexity index is 603. The van der Waals surface area contributed by atoms with E-state index in [1.807, 2.05) is 42.5 Å². The average Bonchev–Trinajstić information content (AvgIpc) is 2.97. The van der Waals surface area contributed by atoms with E-state index in [1.165, 1.54) is 11.8 Å². The van der Waals surface area contributed by atoms with E-state index < -0.39 is 12.1 Å². The monoisotopic (exact) mass is 394 g/mol. The number of ketones is 1. The molecule has 1 unspecified atom stereocenters. The van der Waals surface area contributed by atoms with Crippen molar-refractivity contribution in [3.63, 3.8) is 0 Å². The third kappa shape index (κ3) is 7.56. The molecule has 0 radical (unpaired) electrons. The van der Waals surface area contributed by atoms with Crippen molar-refractivity contribution in [3.05, 3.63) is 48.0 Å². The fourth-order valence-corrected chi connectivity index (χ4v) is 5.17. The molecular weight excluding hydrogens is 368 g/mol. The fraction of sp³-hybridized carbons (Fsp3) is 0.500. The molecule has 142 valence electrons. The van der Waals surface area contributed by atoms with Crippen molar-refractivity contribution in [1.82, 2.24) is 0 Å². The van der Waals surface area contributed by atoms with E-state index in [-0.39, 0.29) is 16.9 Å². The topological polar surface area (TPSA) is 74.6 Å². The molecule has 1 aliphatic carbocycles. The lowest BCUT2D eigenvalue weighted by Crippen LogP contribution is -2.17. The number of aliphatic hydroxyl groups is 1. The second-order valence-corrected chi connectivity index (χ2v) is 8.76. The summed E-state index contributed by atoms with van der Waals surface area (Å²) in [6.07, 6.45) is 6.23. The summed E-state index contributed by atoms with van der Waals surface area (Å²) in [5.41, 5.74) is 1.09. The predicted molar refractivity (Wildman–Crippen MR) is 109 cm³/mol. The maximum atomic E-state index is 12.1. The minimum absolute atomic E-state index is 0.0281. The summed E-state index contributed by atoms with van der Waals surface area (Å²) in [4.78, 5) is 22.6. The summed E-state index contributed by atoms with van der Waals surface area (Å²) in [6.45, 7) is 0. The molecule has 1 saturated carbocycles. The molecule has 1 fully saturated rings. The standard InChI is InChI=1S/C20H26O4S2/c21-17(13-15-5-2-1-3-6-15)9-7-16-8-10-18(22)20(16)26-12-4-11-25-14-19(23)24/h1-3,5-7,9,16-17,20-21H,4,8,10-14H2,(H,23,24)/t16?,17-,20+/m0/s1. The minimum Gasteiger partial charge on any atom is -0.481 e. The van der Waals surface area contributed by atoms with E-state index in [4.69, 9.17) is 5.11 Å². The molecular formula is C20H26O4S2. The summed E-state index contributed by atoms with van der Waals surface area (Å²) in [6, 6.07) is 9.87. The summed E-state index contributed by atoms with van der Waals surface area (Å²) >= 11 is 3.09. The SMILES string of the molecule is O=C(O)CSCCCS[C@H]1C(=O)CCC1C=C[C@H](O)Cc1ccccc1. The summed E-state index contributed by atoms with van der Waals surface area (Å²) in [5, 5.41) is 18.8. The molecule has 0 aromatic heterocycles. The number of carboxylic acid groups (broad SMARTS) is 1. The summed E-state index contributed by atoms with van der Waals surface area (Å²) < 4.78 is 0. The number of benzene rings is 1. The van der Waals surface area contributed by atoms with Gasteiger partial charge in [0.2, 0.25) is 0 Å². The zero-order valence-electron chi connectivity index (χ0n) is 14.8. The van der Waals surface area contributed by atoms with Crippen molar-refractivity contribution in [3.8, 4) is 0 Å². The zero-order valence-corrected chi connectivity index (χ0v) is 16.4. The smallest absolute Gasteiger partial charge is 0.313 e. The Balaban J connectivity index is 1.74. The quantitative estimate of drug-likeness (QED) is 0.442. The van der Waals surface area contributed by atoms with E-state index in [1.54, 1.807) is 11.8 Å². The Kier molecular flexibility index (Phi) is 9.29. The van der Waals surface area contributed by atoms with Crippen molar-refractivity contribution in [2.24, 2.45) is 5.92 Å². The lowest BCUT2D eigenvalue weighted by molar-refractivity contribution is -0.133. The number of carbonyl (C=O) groups is 2. The van der Waals surface area contributed by atoms with Crippen LogP contribution in [0, 0.1) is 5.92 Å². The van der Waals surface area contributed by atoms with Gasteiger partial charge in [-0.1, -0.05) is 42.5 Å².